The monoisotopic (exact) mass is 416 g/mol. The van der Waals surface area contributed by atoms with Crippen molar-refractivity contribution in [3.05, 3.63) is 63.4 Å². The van der Waals surface area contributed by atoms with Crippen LogP contribution < -0.4 is 10.1 Å². The second-order valence-electron chi connectivity index (χ2n) is 5.60. The third-order valence-electron chi connectivity index (χ3n) is 3.65. The third-order valence-corrected chi connectivity index (χ3v) is 4.93. The van der Waals surface area contributed by atoms with Crippen LogP contribution in [0.1, 0.15) is 11.1 Å². The maximum Gasteiger partial charge on any atom is 0.264 e. The van der Waals surface area contributed by atoms with Gasteiger partial charge in [-0.3, -0.25) is 10.1 Å². The number of carbonyl (C=O) groups is 1. The van der Waals surface area contributed by atoms with Gasteiger partial charge in [0.05, 0.1) is 5.69 Å². The molecule has 0 unspecified atom stereocenters. The molecular formula is C19H17BrN2O2S. The third kappa shape index (κ3) is 4.46. The van der Waals surface area contributed by atoms with Crippen molar-refractivity contribution < 1.29 is 9.53 Å². The van der Waals surface area contributed by atoms with Crippen LogP contribution in [0, 0.1) is 13.8 Å². The molecule has 0 saturated carbocycles. The Balaban J connectivity index is 1.61. The molecule has 0 bridgehead atoms. The Bertz CT molecular complexity index is 870. The lowest BCUT2D eigenvalue weighted by molar-refractivity contribution is -0.118. The van der Waals surface area contributed by atoms with E-state index in [0.29, 0.717) is 5.13 Å². The van der Waals surface area contributed by atoms with Gasteiger partial charge in [-0.25, -0.2) is 4.98 Å². The van der Waals surface area contributed by atoms with Crippen molar-refractivity contribution in [2.45, 2.75) is 13.8 Å². The van der Waals surface area contributed by atoms with Crippen molar-refractivity contribution in [1.29, 1.82) is 0 Å². The van der Waals surface area contributed by atoms with Crippen molar-refractivity contribution >= 4 is 38.3 Å². The summed E-state index contributed by atoms with van der Waals surface area (Å²) in [7, 11) is 0. The normalized spacial score (nSPS) is 10.5. The maximum absolute atomic E-state index is 12.1. The number of halogens is 1. The Morgan fingerprint density at radius 1 is 1.16 bits per heavy atom. The van der Waals surface area contributed by atoms with Gasteiger partial charge in [-0.2, -0.15) is 0 Å². The van der Waals surface area contributed by atoms with E-state index in [1.807, 2.05) is 61.7 Å². The predicted octanol–water partition coefficient (Wildman–Crippen LogP) is 5.21. The van der Waals surface area contributed by atoms with E-state index in [1.54, 1.807) is 0 Å². The van der Waals surface area contributed by atoms with Crippen molar-refractivity contribution in [3.8, 4) is 17.0 Å². The molecule has 0 spiro atoms. The molecule has 1 amide bonds. The van der Waals surface area contributed by atoms with Crippen LogP contribution in [0.15, 0.2) is 52.3 Å². The predicted molar refractivity (Wildman–Crippen MR) is 105 cm³/mol. The zero-order valence-electron chi connectivity index (χ0n) is 13.9. The number of anilines is 1. The Morgan fingerprint density at radius 3 is 2.52 bits per heavy atom. The van der Waals surface area contributed by atoms with Crippen LogP contribution in [0.25, 0.3) is 11.3 Å². The molecule has 0 atom stereocenters. The van der Waals surface area contributed by atoms with E-state index < -0.39 is 0 Å². The number of aromatic nitrogens is 1. The average Bonchev–Trinajstić information content (AvgIpc) is 3.03. The van der Waals surface area contributed by atoms with Crippen molar-refractivity contribution in [2.75, 3.05) is 11.9 Å². The number of benzene rings is 2. The van der Waals surface area contributed by atoms with Crippen LogP contribution in [0.5, 0.6) is 5.75 Å². The highest BCUT2D eigenvalue weighted by Crippen LogP contribution is 2.26. The molecule has 4 nitrogen and oxygen atoms in total. The number of rotatable bonds is 5. The molecule has 0 aliphatic carbocycles. The van der Waals surface area contributed by atoms with Crippen molar-refractivity contribution in [1.82, 2.24) is 4.98 Å². The molecule has 0 radical (unpaired) electrons. The van der Waals surface area contributed by atoms with Gasteiger partial charge in [0.25, 0.3) is 5.91 Å². The first-order chi connectivity index (χ1) is 12.0. The lowest BCUT2D eigenvalue weighted by Crippen LogP contribution is -2.20. The lowest BCUT2D eigenvalue weighted by Gasteiger charge is -2.11. The summed E-state index contributed by atoms with van der Waals surface area (Å²) in [4.78, 5) is 16.6. The SMILES string of the molecule is Cc1cccc(C)c1OCC(=O)Nc1nc(-c2ccc(Br)cc2)cs1. The highest BCUT2D eigenvalue weighted by atomic mass is 79.9. The summed E-state index contributed by atoms with van der Waals surface area (Å²) in [5.41, 5.74) is 3.87. The van der Waals surface area contributed by atoms with Gasteiger partial charge < -0.3 is 4.74 Å². The smallest absolute Gasteiger partial charge is 0.264 e. The first kappa shape index (κ1) is 17.6. The molecule has 1 heterocycles. The summed E-state index contributed by atoms with van der Waals surface area (Å²) >= 11 is 4.81. The molecule has 3 aromatic rings. The first-order valence-electron chi connectivity index (χ1n) is 7.73. The number of ether oxygens (including phenoxy) is 1. The number of hydrogen-bond acceptors (Lipinski definition) is 4. The second kappa shape index (κ2) is 7.80. The number of nitrogens with one attached hydrogen (secondary N) is 1. The van der Waals surface area contributed by atoms with Gasteiger partial charge >= 0.3 is 0 Å². The number of nitrogens with zero attached hydrogens (tertiary/aromatic N) is 1. The molecule has 2 aromatic carbocycles. The van der Waals surface area contributed by atoms with E-state index in [2.05, 4.69) is 26.2 Å². The number of carbonyl (C=O) groups excluding carboxylic acids is 1. The number of hydrogen-bond donors (Lipinski definition) is 1. The Labute approximate surface area is 159 Å². The van der Waals surface area contributed by atoms with Crippen LogP contribution in [0.2, 0.25) is 0 Å². The first-order valence-corrected chi connectivity index (χ1v) is 9.40. The standard InChI is InChI=1S/C19H17BrN2O2S/c1-12-4-3-5-13(2)18(12)24-10-17(23)22-19-21-16(11-25-19)14-6-8-15(20)9-7-14/h3-9,11H,10H2,1-2H3,(H,21,22,23). The van der Waals surface area contributed by atoms with Gasteiger partial charge in [0.2, 0.25) is 0 Å². The topological polar surface area (TPSA) is 51.2 Å². The minimum absolute atomic E-state index is 0.0428. The highest BCUT2D eigenvalue weighted by molar-refractivity contribution is 9.10. The summed E-state index contributed by atoms with van der Waals surface area (Å²) < 4.78 is 6.68. The van der Waals surface area contributed by atoms with E-state index in [9.17, 15) is 4.79 Å². The lowest BCUT2D eigenvalue weighted by atomic mass is 10.1. The van der Waals surface area contributed by atoms with E-state index >= 15 is 0 Å². The van der Waals surface area contributed by atoms with Gasteiger partial charge in [0.15, 0.2) is 11.7 Å². The largest absolute Gasteiger partial charge is 0.483 e. The summed E-state index contributed by atoms with van der Waals surface area (Å²) in [6, 6.07) is 13.8. The molecule has 128 valence electrons. The number of thiazole rings is 1. The molecule has 1 N–H and O–H groups in total. The minimum Gasteiger partial charge on any atom is -0.483 e. The quantitative estimate of drug-likeness (QED) is 0.620. The minimum atomic E-state index is -0.223. The van der Waals surface area contributed by atoms with Gasteiger partial charge in [0.1, 0.15) is 5.75 Å². The van der Waals surface area contributed by atoms with Gasteiger partial charge in [0, 0.05) is 15.4 Å². The molecule has 3 rings (SSSR count). The number of aryl methyl sites for hydroxylation is 2. The van der Waals surface area contributed by atoms with Gasteiger partial charge in [-0.05, 0) is 37.1 Å². The molecular weight excluding hydrogens is 400 g/mol. The number of para-hydroxylation sites is 1. The van der Waals surface area contributed by atoms with Crippen LogP contribution in [-0.4, -0.2) is 17.5 Å². The Morgan fingerprint density at radius 2 is 1.84 bits per heavy atom. The Hall–Kier alpha value is -2.18. The molecule has 0 saturated heterocycles. The van der Waals surface area contributed by atoms with E-state index in [1.165, 1.54) is 11.3 Å². The summed E-state index contributed by atoms with van der Waals surface area (Å²) in [5.74, 6) is 0.534. The molecule has 25 heavy (non-hydrogen) atoms. The fourth-order valence-corrected chi connectivity index (χ4v) is 3.40. The van der Waals surface area contributed by atoms with Crippen LogP contribution in [-0.2, 0) is 4.79 Å². The van der Waals surface area contributed by atoms with Crippen LogP contribution in [0.4, 0.5) is 5.13 Å². The van der Waals surface area contributed by atoms with Gasteiger partial charge in [-0.1, -0.05) is 46.3 Å². The van der Waals surface area contributed by atoms with E-state index in [-0.39, 0.29) is 12.5 Å². The maximum atomic E-state index is 12.1. The van der Waals surface area contributed by atoms with Crippen LogP contribution in [0.3, 0.4) is 0 Å². The van der Waals surface area contributed by atoms with Crippen LogP contribution >= 0.6 is 27.3 Å². The van der Waals surface area contributed by atoms with Crippen molar-refractivity contribution in [2.24, 2.45) is 0 Å². The van der Waals surface area contributed by atoms with E-state index in [4.69, 9.17) is 4.74 Å². The molecule has 6 heteroatoms. The molecule has 1 aromatic heterocycles. The second-order valence-corrected chi connectivity index (χ2v) is 7.38. The fraction of sp³-hybridized carbons (Fsp3) is 0.158. The van der Waals surface area contributed by atoms with Gasteiger partial charge in [-0.15, -0.1) is 11.3 Å². The average molecular weight is 417 g/mol. The number of amides is 1. The van der Waals surface area contributed by atoms with E-state index in [0.717, 1.165) is 32.6 Å². The molecule has 0 fully saturated rings. The molecule has 0 aliphatic heterocycles. The fourth-order valence-electron chi connectivity index (χ4n) is 2.40. The Kier molecular flexibility index (Phi) is 5.50. The summed E-state index contributed by atoms with van der Waals surface area (Å²) in [6.07, 6.45) is 0. The van der Waals surface area contributed by atoms with Crippen molar-refractivity contribution in [3.63, 3.8) is 0 Å². The molecule has 0 aliphatic rings. The summed E-state index contributed by atoms with van der Waals surface area (Å²) in [6.45, 7) is 3.88. The summed E-state index contributed by atoms with van der Waals surface area (Å²) in [5, 5.41) is 5.27. The zero-order valence-corrected chi connectivity index (χ0v) is 16.3. The highest BCUT2D eigenvalue weighted by Gasteiger charge is 2.10. The zero-order chi connectivity index (χ0) is 17.8.